The van der Waals surface area contributed by atoms with Gasteiger partial charge in [0, 0.05) is 0 Å². The van der Waals surface area contributed by atoms with E-state index in [1.54, 1.807) is 6.08 Å². The van der Waals surface area contributed by atoms with E-state index >= 15 is 0 Å². The number of carbonyl (C=O) groups excluding carboxylic acids is 1. The van der Waals surface area contributed by atoms with E-state index in [1.807, 2.05) is 0 Å². The first-order chi connectivity index (χ1) is 4.75. The van der Waals surface area contributed by atoms with E-state index in [2.05, 4.69) is 11.3 Å². The number of allylic oxidation sites excluding steroid dienone is 1. The molecule has 56 valence electrons. The topological polar surface area (TPSA) is 46.5 Å². The maximum atomic E-state index is 10.7. The third kappa shape index (κ3) is 1.19. The van der Waals surface area contributed by atoms with Crippen LogP contribution in [0.4, 0.5) is 0 Å². The Morgan fingerprint density at radius 1 is 1.90 bits per heavy atom. The third-order valence-electron chi connectivity index (χ3n) is 1.58. The fourth-order valence-corrected chi connectivity index (χ4v) is 0.981. The molecule has 0 aromatic rings. The lowest BCUT2D eigenvalue weighted by Gasteiger charge is -2.04. The Hall–Kier alpha value is -0.830. The molecule has 1 aliphatic rings. The number of esters is 1. The second-order valence-electron chi connectivity index (χ2n) is 2.33. The molecule has 3 heteroatoms. The first kappa shape index (κ1) is 7.28. The van der Waals surface area contributed by atoms with Crippen molar-refractivity contribution in [3.63, 3.8) is 0 Å². The predicted octanol–water partition coefficient (Wildman–Crippen LogP) is 0.0964. The zero-order valence-electron chi connectivity index (χ0n) is 5.62. The van der Waals surface area contributed by atoms with E-state index in [1.165, 1.54) is 0 Å². The van der Waals surface area contributed by atoms with Gasteiger partial charge in [0.1, 0.15) is 12.7 Å². The standard InChI is InChI=1S/C7H10O3/c1-2-3-5-6(8)4-10-7(5)9/h2,5-6,8H,1,3-4H2/t5-,6-/m0/s1. The van der Waals surface area contributed by atoms with Crippen LogP contribution < -0.4 is 0 Å². The minimum atomic E-state index is -0.634. The van der Waals surface area contributed by atoms with E-state index in [-0.39, 0.29) is 18.5 Å². The number of aliphatic hydroxyl groups is 1. The van der Waals surface area contributed by atoms with Crippen molar-refractivity contribution in [1.29, 1.82) is 0 Å². The molecule has 0 radical (unpaired) electrons. The van der Waals surface area contributed by atoms with Crippen molar-refractivity contribution >= 4 is 5.97 Å². The van der Waals surface area contributed by atoms with Crippen molar-refractivity contribution in [3.8, 4) is 0 Å². The number of rotatable bonds is 2. The molecule has 0 saturated carbocycles. The van der Waals surface area contributed by atoms with Crippen LogP contribution in [0.1, 0.15) is 6.42 Å². The molecule has 1 saturated heterocycles. The van der Waals surface area contributed by atoms with Crippen LogP contribution >= 0.6 is 0 Å². The molecule has 0 bridgehead atoms. The second-order valence-corrected chi connectivity index (χ2v) is 2.33. The van der Waals surface area contributed by atoms with E-state index in [4.69, 9.17) is 5.11 Å². The van der Waals surface area contributed by atoms with Crippen LogP contribution in [0.15, 0.2) is 12.7 Å². The summed E-state index contributed by atoms with van der Waals surface area (Å²) in [5.41, 5.74) is 0. The maximum absolute atomic E-state index is 10.7. The summed E-state index contributed by atoms with van der Waals surface area (Å²) in [5, 5.41) is 9.10. The monoisotopic (exact) mass is 142 g/mol. The van der Waals surface area contributed by atoms with Crippen LogP contribution in [0.3, 0.4) is 0 Å². The summed E-state index contributed by atoms with van der Waals surface area (Å²) in [6.07, 6.45) is 1.48. The first-order valence-corrected chi connectivity index (χ1v) is 3.21. The van der Waals surface area contributed by atoms with Gasteiger partial charge in [-0.3, -0.25) is 4.79 Å². The van der Waals surface area contributed by atoms with Crippen molar-refractivity contribution < 1.29 is 14.6 Å². The van der Waals surface area contributed by atoms with Crippen molar-refractivity contribution in [2.24, 2.45) is 5.92 Å². The molecule has 2 atom stereocenters. The molecule has 1 heterocycles. The molecule has 1 N–H and O–H groups in total. The fourth-order valence-electron chi connectivity index (χ4n) is 0.981. The highest BCUT2D eigenvalue weighted by Crippen LogP contribution is 2.18. The van der Waals surface area contributed by atoms with Crippen LogP contribution in [0.25, 0.3) is 0 Å². The molecule has 0 aromatic heterocycles. The highest BCUT2D eigenvalue weighted by atomic mass is 16.6. The number of hydrogen-bond acceptors (Lipinski definition) is 3. The Morgan fingerprint density at radius 3 is 3.00 bits per heavy atom. The van der Waals surface area contributed by atoms with Gasteiger partial charge in [-0.05, 0) is 6.42 Å². The van der Waals surface area contributed by atoms with Gasteiger partial charge in [-0.25, -0.2) is 0 Å². The summed E-state index contributed by atoms with van der Waals surface area (Å²) in [6, 6.07) is 0. The van der Waals surface area contributed by atoms with Crippen molar-refractivity contribution in [3.05, 3.63) is 12.7 Å². The number of carbonyl (C=O) groups is 1. The van der Waals surface area contributed by atoms with Crippen LogP contribution in [0.2, 0.25) is 0 Å². The van der Waals surface area contributed by atoms with Gasteiger partial charge in [0.2, 0.25) is 0 Å². The Balaban J connectivity index is 2.53. The van der Waals surface area contributed by atoms with Crippen LogP contribution in [0.5, 0.6) is 0 Å². The molecule has 1 rings (SSSR count). The van der Waals surface area contributed by atoms with Crippen molar-refractivity contribution in [2.75, 3.05) is 6.61 Å². The second kappa shape index (κ2) is 2.84. The lowest BCUT2D eigenvalue weighted by atomic mass is 10.0. The Bertz CT molecular complexity index is 153. The summed E-state index contributed by atoms with van der Waals surface area (Å²) in [7, 11) is 0. The quantitative estimate of drug-likeness (QED) is 0.439. The van der Waals surface area contributed by atoms with Gasteiger partial charge in [-0.2, -0.15) is 0 Å². The fraction of sp³-hybridized carbons (Fsp3) is 0.571. The Kier molecular flexibility index (Phi) is 2.06. The summed E-state index contributed by atoms with van der Waals surface area (Å²) < 4.78 is 4.59. The van der Waals surface area contributed by atoms with Gasteiger partial charge in [0.05, 0.1) is 5.92 Å². The number of ether oxygens (including phenoxy) is 1. The average molecular weight is 142 g/mol. The summed E-state index contributed by atoms with van der Waals surface area (Å²) in [5.74, 6) is -0.690. The molecule has 10 heavy (non-hydrogen) atoms. The zero-order valence-corrected chi connectivity index (χ0v) is 5.62. The van der Waals surface area contributed by atoms with Gasteiger partial charge in [0.15, 0.2) is 0 Å². The predicted molar refractivity (Wildman–Crippen MR) is 35.3 cm³/mol. The molecule has 1 aliphatic heterocycles. The lowest BCUT2D eigenvalue weighted by Crippen LogP contribution is -2.19. The van der Waals surface area contributed by atoms with Gasteiger partial charge < -0.3 is 9.84 Å². The maximum Gasteiger partial charge on any atom is 0.312 e. The Labute approximate surface area is 59.3 Å². The highest BCUT2D eigenvalue weighted by Gasteiger charge is 2.34. The van der Waals surface area contributed by atoms with Crippen LogP contribution in [0, 0.1) is 5.92 Å². The normalized spacial score (nSPS) is 31.9. The van der Waals surface area contributed by atoms with E-state index < -0.39 is 6.10 Å². The third-order valence-corrected chi connectivity index (χ3v) is 1.58. The molecule has 3 nitrogen and oxygen atoms in total. The molecule has 0 amide bonds. The van der Waals surface area contributed by atoms with E-state index in [0.29, 0.717) is 6.42 Å². The molecular formula is C7H10O3. The average Bonchev–Trinajstić information content (AvgIpc) is 2.20. The minimum Gasteiger partial charge on any atom is -0.463 e. The Morgan fingerprint density at radius 2 is 2.60 bits per heavy atom. The molecule has 0 aromatic carbocycles. The van der Waals surface area contributed by atoms with E-state index in [9.17, 15) is 4.79 Å². The molecule has 0 unspecified atom stereocenters. The minimum absolute atomic E-state index is 0.136. The largest absolute Gasteiger partial charge is 0.463 e. The number of hydrogen-bond donors (Lipinski definition) is 1. The molecular weight excluding hydrogens is 132 g/mol. The van der Waals surface area contributed by atoms with Gasteiger partial charge in [0.25, 0.3) is 0 Å². The van der Waals surface area contributed by atoms with Gasteiger partial charge in [-0.1, -0.05) is 6.08 Å². The van der Waals surface area contributed by atoms with E-state index in [0.717, 1.165) is 0 Å². The lowest BCUT2D eigenvalue weighted by molar-refractivity contribution is -0.141. The van der Waals surface area contributed by atoms with Crippen LogP contribution in [-0.2, 0) is 9.53 Å². The van der Waals surface area contributed by atoms with Crippen molar-refractivity contribution in [2.45, 2.75) is 12.5 Å². The molecule has 0 spiro atoms. The SMILES string of the molecule is C=CC[C@@H]1C(=O)OC[C@@H]1O. The number of cyclic esters (lactones) is 1. The van der Waals surface area contributed by atoms with Crippen molar-refractivity contribution in [1.82, 2.24) is 0 Å². The highest BCUT2D eigenvalue weighted by molar-refractivity contribution is 5.75. The summed E-state index contributed by atoms with van der Waals surface area (Å²) >= 11 is 0. The smallest absolute Gasteiger partial charge is 0.312 e. The van der Waals surface area contributed by atoms with Gasteiger partial charge in [-0.15, -0.1) is 6.58 Å². The summed E-state index contributed by atoms with van der Waals surface area (Å²) in [4.78, 5) is 10.7. The zero-order chi connectivity index (χ0) is 7.56. The van der Waals surface area contributed by atoms with Gasteiger partial charge >= 0.3 is 5.97 Å². The van der Waals surface area contributed by atoms with Crippen LogP contribution in [-0.4, -0.2) is 23.8 Å². The molecule has 1 fully saturated rings. The first-order valence-electron chi connectivity index (χ1n) is 3.21. The number of aliphatic hydroxyl groups excluding tert-OH is 1. The summed E-state index contributed by atoms with van der Waals surface area (Å²) in [6.45, 7) is 3.61. The molecule has 0 aliphatic carbocycles.